The van der Waals surface area contributed by atoms with E-state index in [9.17, 15) is 15.0 Å². The zero-order valence-corrected chi connectivity index (χ0v) is 14.8. The molecule has 27 heavy (non-hydrogen) atoms. The molecule has 1 aromatic heterocycles. The van der Waals surface area contributed by atoms with Crippen LogP contribution in [0.4, 0.5) is 5.82 Å². The second-order valence-electron chi connectivity index (χ2n) is 6.59. The average Bonchev–Trinajstić information content (AvgIpc) is 2.67. The van der Waals surface area contributed by atoms with Crippen LogP contribution in [0.1, 0.15) is 35.5 Å². The van der Waals surface area contributed by atoms with Crippen molar-refractivity contribution in [2.75, 3.05) is 5.32 Å². The first kappa shape index (κ1) is 17.2. The topological polar surface area (TPSA) is 95.3 Å². The molecule has 1 aliphatic carbocycles. The molecule has 1 amide bonds. The van der Waals surface area contributed by atoms with Crippen LogP contribution in [0.15, 0.2) is 48.5 Å². The lowest BCUT2D eigenvalue weighted by atomic mass is 9.91. The fraction of sp³-hybridized carbons (Fsp3) is 0.190. The van der Waals surface area contributed by atoms with Crippen LogP contribution >= 0.6 is 0 Å². The van der Waals surface area contributed by atoms with Crippen LogP contribution in [0.25, 0.3) is 11.3 Å². The molecule has 0 radical (unpaired) electrons. The zero-order chi connectivity index (χ0) is 19.0. The van der Waals surface area contributed by atoms with Crippen LogP contribution in [0.5, 0.6) is 5.75 Å². The summed E-state index contributed by atoms with van der Waals surface area (Å²) in [6, 6.07) is 14.3. The molecule has 0 saturated heterocycles. The predicted octanol–water partition coefficient (Wildman–Crippen LogP) is 2.99. The minimum atomic E-state index is -1.02. The van der Waals surface area contributed by atoms with E-state index in [0.717, 1.165) is 23.2 Å². The number of carbonyl (C=O) groups is 1. The highest BCUT2D eigenvalue weighted by Crippen LogP contribution is 2.36. The van der Waals surface area contributed by atoms with E-state index < -0.39 is 6.10 Å². The molecule has 4 rings (SSSR count). The van der Waals surface area contributed by atoms with Crippen LogP contribution in [-0.4, -0.2) is 26.1 Å². The molecule has 136 valence electrons. The summed E-state index contributed by atoms with van der Waals surface area (Å²) in [5.41, 5.74) is 4.29. The molecule has 1 atom stereocenters. The fourth-order valence-electron chi connectivity index (χ4n) is 3.39. The van der Waals surface area contributed by atoms with Gasteiger partial charge < -0.3 is 15.5 Å². The third kappa shape index (κ3) is 3.27. The Morgan fingerprint density at radius 1 is 1.11 bits per heavy atom. The number of aromatic hydroxyl groups is 1. The van der Waals surface area contributed by atoms with E-state index >= 15 is 0 Å². The van der Waals surface area contributed by atoms with Gasteiger partial charge in [-0.3, -0.25) is 4.79 Å². The highest BCUT2D eigenvalue weighted by molar-refractivity contribution is 5.88. The van der Waals surface area contributed by atoms with Crippen molar-refractivity contribution in [2.45, 2.75) is 25.9 Å². The smallest absolute Gasteiger partial charge is 0.222 e. The number of phenolic OH excluding ortho intramolecular Hbond substituents is 1. The molecule has 6 nitrogen and oxygen atoms in total. The van der Waals surface area contributed by atoms with Crippen LogP contribution in [0.3, 0.4) is 0 Å². The van der Waals surface area contributed by atoms with Gasteiger partial charge in [0.1, 0.15) is 17.5 Å². The summed E-state index contributed by atoms with van der Waals surface area (Å²) in [5.74, 6) is 0.219. The fourth-order valence-corrected chi connectivity index (χ4v) is 3.39. The van der Waals surface area contributed by atoms with Crippen molar-refractivity contribution in [1.82, 2.24) is 9.97 Å². The number of amides is 1. The summed E-state index contributed by atoms with van der Waals surface area (Å²) in [6.45, 7) is 1.40. The number of rotatable bonds is 3. The molecule has 0 fully saturated rings. The van der Waals surface area contributed by atoms with E-state index in [1.165, 1.54) is 6.92 Å². The normalized spacial score (nSPS) is 13.4. The summed E-state index contributed by atoms with van der Waals surface area (Å²) < 4.78 is 0. The number of phenols is 1. The van der Waals surface area contributed by atoms with Crippen LogP contribution in [0, 0.1) is 0 Å². The average molecular weight is 361 g/mol. The Labute approximate surface area is 156 Å². The van der Waals surface area contributed by atoms with Gasteiger partial charge in [0.05, 0.1) is 11.4 Å². The second-order valence-corrected chi connectivity index (χ2v) is 6.59. The molecule has 3 N–H and O–H groups in total. The first-order valence-corrected chi connectivity index (χ1v) is 8.76. The highest BCUT2D eigenvalue weighted by Gasteiger charge is 2.25. The van der Waals surface area contributed by atoms with E-state index in [2.05, 4.69) is 10.3 Å². The van der Waals surface area contributed by atoms with Gasteiger partial charge in [0, 0.05) is 12.5 Å². The maximum absolute atomic E-state index is 11.6. The molecule has 0 saturated carbocycles. The minimum Gasteiger partial charge on any atom is -0.508 e. The van der Waals surface area contributed by atoms with Gasteiger partial charge >= 0.3 is 0 Å². The number of nitrogens with zero attached hydrogens (tertiary/aromatic N) is 2. The van der Waals surface area contributed by atoms with Gasteiger partial charge in [-0.2, -0.15) is 0 Å². The lowest BCUT2D eigenvalue weighted by molar-refractivity contribution is -0.114. The summed E-state index contributed by atoms with van der Waals surface area (Å²) in [6.07, 6.45) is 0.354. The number of aliphatic hydroxyl groups is 1. The number of aliphatic hydroxyl groups excluding tert-OH is 1. The van der Waals surface area contributed by atoms with Crippen molar-refractivity contribution in [2.24, 2.45) is 0 Å². The molecule has 2 aromatic carbocycles. The van der Waals surface area contributed by atoms with Crippen molar-refractivity contribution in [1.29, 1.82) is 0 Å². The molecule has 3 aromatic rings. The molecule has 1 heterocycles. The number of hydrogen-bond acceptors (Lipinski definition) is 5. The van der Waals surface area contributed by atoms with Crippen molar-refractivity contribution >= 4 is 11.7 Å². The quantitative estimate of drug-likeness (QED) is 0.667. The lowest BCUT2D eigenvalue weighted by Gasteiger charge is -2.22. The number of aryl methyl sites for hydroxylation is 2. The van der Waals surface area contributed by atoms with Crippen molar-refractivity contribution in [3.05, 3.63) is 71.0 Å². The van der Waals surface area contributed by atoms with Crippen LogP contribution < -0.4 is 5.32 Å². The van der Waals surface area contributed by atoms with E-state index in [1.54, 1.807) is 24.3 Å². The van der Waals surface area contributed by atoms with Crippen molar-refractivity contribution in [3.8, 4) is 17.0 Å². The second kappa shape index (κ2) is 6.81. The van der Waals surface area contributed by atoms with Gasteiger partial charge in [-0.15, -0.1) is 0 Å². The van der Waals surface area contributed by atoms with E-state index in [-0.39, 0.29) is 17.5 Å². The summed E-state index contributed by atoms with van der Waals surface area (Å²) >= 11 is 0. The van der Waals surface area contributed by atoms with Gasteiger partial charge in [0.25, 0.3) is 0 Å². The van der Waals surface area contributed by atoms with Gasteiger partial charge in [-0.1, -0.05) is 30.3 Å². The number of aromatic nitrogens is 2. The number of benzene rings is 2. The summed E-state index contributed by atoms with van der Waals surface area (Å²) in [7, 11) is 0. The van der Waals surface area contributed by atoms with Gasteiger partial charge in [0.2, 0.25) is 5.91 Å². The first-order valence-electron chi connectivity index (χ1n) is 8.76. The third-order valence-electron chi connectivity index (χ3n) is 4.64. The molecular weight excluding hydrogens is 342 g/mol. The third-order valence-corrected chi connectivity index (χ3v) is 4.64. The molecule has 6 heteroatoms. The van der Waals surface area contributed by atoms with Gasteiger partial charge in [-0.05, 0) is 42.2 Å². The monoisotopic (exact) mass is 361 g/mol. The first-order chi connectivity index (χ1) is 13.0. The standard InChI is InChI=1S/C21H19N3O3/c1-12(25)22-21-19(20(27)13-5-3-2-4-6-13)24-18-16-9-8-15(26)11-14(16)7-10-17(18)23-21/h2-6,8-9,11,20,26-27H,7,10H2,1H3,(H,22,23,25). The number of anilines is 1. The maximum Gasteiger partial charge on any atom is 0.222 e. The summed E-state index contributed by atoms with van der Waals surface area (Å²) in [5, 5.41) is 23.3. The highest BCUT2D eigenvalue weighted by atomic mass is 16.3. The van der Waals surface area contributed by atoms with Crippen LogP contribution in [-0.2, 0) is 17.6 Å². The lowest BCUT2D eigenvalue weighted by Crippen LogP contribution is -2.18. The van der Waals surface area contributed by atoms with Crippen molar-refractivity contribution < 1.29 is 15.0 Å². The van der Waals surface area contributed by atoms with Crippen LogP contribution in [0.2, 0.25) is 0 Å². The SMILES string of the molecule is CC(=O)Nc1nc2c(nc1C(O)c1ccccc1)-c1ccc(O)cc1CC2. The number of fused-ring (bicyclic) bond motifs is 3. The molecule has 1 unspecified atom stereocenters. The van der Waals surface area contributed by atoms with E-state index in [4.69, 9.17) is 4.98 Å². The van der Waals surface area contributed by atoms with Crippen molar-refractivity contribution in [3.63, 3.8) is 0 Å². The molecule has 0 bridgehead atoms. The maximum atomic E-state index is 11.6. The minimum absolute atomic E-state index is 0.213. The van der Waals surface area contributed by atoms with Gasteiger partial charge in [-0.25, -0.2) is 9.97 Å². The molecule has 0 spiro atoms. The Bertz CT molecular complexity index is 1020. The number of carbonyl (C=O) groups excluding carboxylic acids is 1. The number of nitrogens with one attached hydrogen (secondary N) is 1. The Balaban J connectivity index is 1.88. The largest absolute Gasteiger partial charge is 0.508 e. The van der Waals surface area contributed by atoms with Gasteiger partial charge in [0.15, 0.2) is 5.82 Å². The van der Waals surface area contributed by atoms with E-state index in [1.807, 2.05) is 24.3 Å². The summed E-state index contributed by atoms with van der Waals surface area (Å²) in [4.78, 5) is 20.9. The molecular formula is C21H19N3O3. The number of hydrogen-bond donors (Lipinski definition) is 3. The Morgan fingerprint density at radius 2 is 1.89 bits per heavy atom. The Kier molecular flexibility index (Phi) is 4.33. The molecule has 1 aliphatic rings. The predicted molar refractivity (Wildman–Crippen MR) is 101 cm³/mol. The molecule has 0 aliphatic heterocycles. The Hall–Kier alpha value is -3.25. The van der Waals surface area contributed by atoms with E-state index in [0.29, 0.717) is 23.4 Å². The zero-order valence-electron chi connectivity index (χ0n) is 14.8. The Morgan fingerprint density at radius 3 is 2.63 bits per heavy atom.